The van der Waals surface area contributed by atoms with Gasteiger partial charge in [0.15, 0.2) is 0 Å². The summed E-state index contributed by atoms with van der Waals surface area (Å²) in [7, 11) is 1.61. The molecule has 2 unspecified atom stereocenters. The monoisotopic (exact) mass is 429 g/mol. The average molecular weight is 429 g/mol. The van der Waals surface area contributed by atoms with Crippen molar-refractivity contribution in [2.24, 2.45) is 5.92 Å². The highest BCUT2D eigenvalue weighted by molar-refractivity contribution is 5.73. The number of non-ortho nitro benzene ring substituents is 1. The van der Waals surface area contributed by atoms with Crippen LogP contribution < -0.4 is 0 Å². The number of methoxy groups -OCH3 is 1. The zero-order valence-electron chi connectivity index (χ0n) is 17.9. The Morgan fingerprint density at radius 2 is 2.00 bits per heavy atom. The minimum absolute atomic E-state index is 0.0103. The predicted molar refractivity (Wildman–Crippen MR) is 115 cm³/mol. The van der Waals surface area contributed by atoms with Gasteiger partial charge in [-0.05, 0) is 29.2 Å². The molecular formula is C23H28FN3O4. The van der Waals surface area contributed by atoms with Gasteiger partial charge in [-0.3, -0.25) is 19.8 Å². The van der Waals surface area contributed by atoms with E-state index in [0.717, 1.165) is 24.2 Å². The maximum absolute atomic E-state index is 13.9. The Bertz CT molecular complexity index is 906. The van der Waals surface area contributed by atoms with Gasteiger partial charge in [-0.15, -0.1) is 0 Å². The first-order valence-corrected chi connectivity index (χ1v) is 10.3. The number of likely N-dealkylation sites (tertiary alicyclic amines) is 1. The molecule has 8 heteroatoms. The fourth-order valence-electron chi connectivity index (χ4n) is 4.23. The number of carbonyl (C=O) groups excluding carboxylic acids is 1. The lowest BCUT2D eigenvalue weighted by Crippen LogP contribution is -2.38. The first-order chi connectivity index (χ1) is 14.9. The first kappa shape index (κ1) is 22.8. The Labute approximate surface area is 181 Å². The lowest BCUT2D eigenvalue weighted by atomic mass is 9.88. The van der Waals surface area contributed by atoms with Crippen molar-refractivity contribution in [1.82, 2.24) is 9.80 Å². The van der Waals surface area contributed by atoms with Gasteiger partial charge in [0.25, 0.3) is 5.69 Å². The molecule has 1 amide bonds. The highest BCUT2D eigenvalue weighted by atomic mass is 19.1. The topological polar surface area (TPSA) is 75.9 Å². The maximum Gasteiger partial charge on any atom is 0.269 e. The molecule has 2 aromatic rings. The van der Waals surface area contributed by atoms with Crippen molar-refractivity contribution in [3.05, 3.63) is 75.6 Å². The molecule has 7 nitrogen and oxygen atoms in total. The second-order valence-corrected chi connectivity index (χ2v) is 8.00. The molecule has 0 N–H and O–H groups in total. The standard InChI is InChI=1S/C23H28FN3O4/c1-17(28)26(10-11-31-2)15-20-14-25(13-18-6-8-22(9-7-18)27(29)30)16-23(20)19-4-3-5-21(24)12-19/h3-9,12,20,23H,10-11,13-16H2,1-2H3. The quantitative estimate of drug-likeness (QED) is 0.451. The van der Waals surface area contributed by atoms with Crippen LogP contribution in [0.15, 0.2) is 48.5 Å². The Balaban J connectivity index is 1.77. The molecule has 0 aliphatic carbocycles. The molecule has 0 aromatic heterocycles. The van der Waals surface area contributed by atoms with Crippen molar-refractivity contribution in [3.63, 3.8) is 0 Å². The summed E-state index contributed by atoms with van der Waals surface area (Å²) in [6, 6.07) is 13.2. The lowest BCUT2D eigenvalue weighted by Gasteiger charge is -2.27. The third-order valence-electron chi connectivity index (χ3n) is 5.81. The highest BCUT2D eigenvalue weighted by Gasteiger charge is 2.35. The van der Waals surface area contributed by atoms with Crippen LogP contribution in [0.3, 0.4) is 0 Å². The van der Waals surface area contributed by atoms with Crippen LogP contribution >= 0.6 is 0 Å². The molecule has 0 bridgehead atoms. The van der Waals surface area contributed by atoms with Crippen molar-refractivity contribution >= 4 is 11.6 Å². The number of amides is 1. The Morgan fingerprint density at radius 3 is 2.61 bits per heavy atom. The number of benzene rings is 2. The molecule has 1 heterocycles. The molecule has 166 valence electrons. The minimum atomic E-state index is -0.411. The summed E-state index contributed by atoms with van der Waals surface area (Å²) in [6.07, 6.45) is 0. The largest absolute Gasteiger partial charge is 0.383 e. The number of nitrogens with zero attached hydrogens (tertiary/aromatic N) is 3. The Hall–Kier alpha value is -2.84. The van der Waals surface area contributed by atoms with E-state index in [0.29, 0.717) is 26.2 Å². The number of nitro benzene ring substituents is 1. The minimum Gasteiger partial charge on any atom is -0.383 e. The van der Waals surface area contributed by atoms with Crippen LogP contribution in [0.25, 0.3) is 0 Å². The van der Waals surface area contributed by atoms with Crippen LogP contribution in [-0.4, -0.2) is 60.5 Å². The van der Waals surface area contributed by atoms with E-state index in [9.17, 15) is 19.3 Å². The SMILES string of the molecule is COCCN(CC1CN(Cc2ccc([N+](=O)[O-])cc2)CC1c1cccc(F)c1)C(C)=O. The van der Waals surface area contributed by atoms with Gasteiger partial charge < -0.3 is 9.64 Å². The van der Waals surface area contributed by atoms with Gasteiger partial charge in [-0.25, -0.2) is 4.39 Å². The van der Waals surface area contributed by atoms with Crippen LogP contribution in [0.1, 0.15) is 24.0 Å². The van der Waals surface area contributed by atoms with Gasteiger partial charge in [0.05, 0.1) is 11.5 Å². The van der Waals surface area contributed by atoms with Crippen molar-refractivity contribution in [3.8, 4) is 0 Å². The summed E-state index contributed by atoms with van der Waals surface area (Å²) in [5.74, 6) is -0.0597. The van der Waals surface area contributed by atoms with Gasteiger partial charge in [-0.1, -0.05) is 24.3 Å². The molecule has 1 aliphatic rings. The van der Waals surface area contributed by atoms with Gasteiger partial charge >= 0.3 is 0 Å². The molecule has 1 saturated heterocycles. The highest BCUT2D eigenvalue weighted by Crippen LogP contribution is 2.34. The van der Waals surface area contributed by atoms with Crippen molar-refractivity contribution in [1.29, 1.82) is 0 Å². The fraction of sp³-hybridized carbons (Fsp3) is 0.435. The van der Waals surface area contributed by atoms with E-state index in [1.807, 2.05) is 6.07 Å². The Kier molecular flexibility index (Phi) is 7.70. The number of halogens is 1. The van der Waals surface area contributed by atoms with Gasteiger partial charge in [0.2, 0.25) is 5.91 Å². The molecule has 2 aromatic carbocycles. The maximum atomic E-state index is 13.9. The van der Waals surface area contributed by atoms with Crippen molar-refractivity contribution in [2.45, 2.75) is 19.4 Å². The van der Waals surface area contributed by atoms with Crippen molar-refractivity contribution in [2.75, 3.05) is 39.9 Å². The summed E-state index contributed by atoms with van der Waals surface area (Å²) in [5.41, 5.74) is 1.97. The number of carbonyl (C=O) groups is 1. The molecule has 0 spiro atoms. The fourth-order valence-corrected chi connectivity index (χ4v) is 4.23. The molecule has 31 heavy (non-hydrogen) atoms. The number of hydrogen-bond donors (Lipinski definition) is 0. The Morgan fingerprint density at radius 1 is 1.26 bits per heavy atom. The molecular weight excluding hydrogens is 401 g/mol. The summed E-state index contributed by atoms with van der Waals surface area (Å²) < 4.78 is 19.0. The molecule has 3 rings (SSSR count). The second kappa shape index (κ2) is 10.5. The van der Waals surface area contributed by atoms with Crippen LogP contribution in [0, 0.1) is 21.8 Å². The third-order valence-corrected chi connectivity index (χ3v) is 5.81. The van der Waals surface area contributed by atoms with E-state index in [1.165, 1.54) is 18.2 Å². The molecule has 1 aliphatic heterocycles. The van der Waals surface area contributed by atoms with E-state index >= 15 is 0 Å². The normalized spacial score (nSPS) is 18.8. The molecule has 1 fully saturated rings. The number of ether oxygens (including phenoxy) is 1. The van der Waals surface area contributed by atoms with Gasteiger partial charge in [0, 0.05) is 64.8 Å². The van der Waals surface area contributed by atoms with E-state index in [-0.39, 0.29) is 29.2 Å². The van der Waals surface area contributed by atoms with E-state index in [1.54, 1.807) is 43.2 Å². The molecule has 0 radical (unpaired) electrons. The number of nitro groups is 1. The molecule has 0 saturated carbocycles. The smallest absolute Gasteiger partial charge is 0.269 e. The summed E-state index contributed by atoms with van der Waals surface area (Å²) in [6.45, 7) is 5.20. The second-order valence-electron chi connectivity index (χ2n) is 8.00. The summed E-state index contributed by atoms with van der Waals surface area (Å²) in [5, 5.41) is 10.9. The molecule has 2 atom stereocenters. The van der Waals surface area contributed by atoms with E-state index < -0.39 is 4.92 Å². The summed E-state index contributed by atoms with van der Waals surface area (Å²) in [4.78, 5) is 26.7. The number of hydrogen-bond acceptors (Lipinski definition) is 5. The summed E-state index contributed by atoms with van der Waals surface area (Å²) >= 11 is 0. The van der Waals surface area contributed by atoms with Crippen molar-refractivity contribution < 1.29 is 18.8 Å². The predicted octanol–water partition coefficient (Wildman–Crippen LogP) is 3.44. The van der Waals surface area contributed by atoms with Crippen LogP contribution in [-0.2, 0) is 16.1 Å². The lowest BCUT2D eigenvalue weighted by molar-refractivity contribution is -0.384. The van der Waals surface area contributed by atoms with Crippen LogP contribution in [0.2, 0.25) is 0 Å². The van der Waals surface area contributed by atoms with Gasteiger partial charge in [-0.2, -0.15) is 0 Å². The van der Waals surface area contributed by atoms with E-state index in [4.69, 9.17) is 4.74 Å². The zero-order valence-corrected chi connectivity index (χ0v) is 17.9. The first-order valence-electron chi connectivity index (χ1n) is 10.3. The van der Waals surface area contributed by atoms with Gasteiger partial charge in [0.1, 0.15) is 5.82 Å². The number of rotatable bonds is 9. The average Bonchev–Trinajstić information content (AvgIpc) is 3.13. The van der Waals surface area contributed by atoms with E-state index in [2.05, 4.69) is 4.90 Å². The van der Waals surface area contributed by atoms with Crippen LogP contribution in [0.5, 0.6) is 0 Å². The zero-order chi connectivity index (χ0) is 22.4. The van der Waals surface area contributed by atoms with Crippen LogP contribution in [0.4, 0.5) is 10.1 Å². The third kappa shape index (κ3) is 6.08.